The van der Waals surface area contributed by atoms with E-state index in [9.17, 15) is 13.2 Å². The number of amides is 1. The monoisotopic (exact) mass is 337 g/mol. The minimum Gasteiger partial charge on any atom is -0.330 e. The predicted octanol–water partition coefficient (Wildman–Crippen LogP) is 0.674. The van der Waals surface area contributed by atoms with Crippen LogP contribution in [0.3, 0.4) is 0 Å². The standard InChI is InChI=1S/C16H23N3O3S/c1-18(23(2,21)22)14-7-10-19(15(14)20)13-5-3-12(4-6-13)16(11-17)8-9-16/h3-6,14H,7-11,17H2,1-2H3. The topological polar surface area (TPSA) is 83.7 Å². The Hall–Kier alpha value is -1.44. The summed E-state index contributed by atoms with van der Waals surface area (Å²) in [5.74, 6) is -0.161. The van der Waals surface area contributed by atoms with Crippen LogP contribution in [0.15, 0.2) is 24.3 Å². The first-order valence-electron chi connectivity index (χ1n) is 7.83. The van der Waals surface area contributed by atoms with Crippen molar-refractivity contribution in [2.24, 2.45) is 5.73 Å². The van der Waals surface area contributed by atoms with Crippen molar-refractivity contribution in [3.8, 4) is 0 Å². The lowest BCUT2D eigenvalue weighted by Gasteiger charge is -2.22. The van der Waals surface area contributed by atoms with Gasteiger partial charge < -0.3 is 10.6 Å². The van der Waals surface area contributed by atoms with Gasteiger partial charge in [0.25, 0.3) is 0 Å². The predicted molar refractivity (Wildman–Crippen MR) is 89.8 cm³/mol. The third-order valence-electron chi connectivity index (χ3n) is 5.17. The Bertz CT molecular complexity index is 711. The molecule has 1 aliphatic heterocycles. The van der Waals surface area contributed by atoms with Crippen molar-refractivity contribution in [2.75, 3.05) is 31.3 Å². The van der Waals surface area contributed by atoms with Crippen LogP contribution in [0.2, 0.25) is 0 Å². The van der Waals surface area contributed by atoms with Gasteiger partial charge in [0.05, 0.1) is 6.26 Å². The van der Waals surface area contributed by atoms with Gasteiger partial charge in [0.2, 0.25) is 15.9 Å². The highest BCUT2D eigenvalue weighted by atomic mass is 32.2. The number of benzene rings is 1. The van der Waals surface area contributed by atoms with Crippen molar-refractivity contribution in [1.29, 1.82) is 0 Å². The molecule has 1 amide bonds. The number of carbonyl (C=O) groups is 1. The third kappa shape index (κ3) is 2.88. The van der Waals surface area contributed by atoms with E-state index in [4.69, 9.17) is 5.73 Å². The van der Waals surface area contributed by atoms with Crippen molar-refractivity contribution in [2.45, 2.75) is 30.7 Å². The molecule has 0 bridgehead atoms. The average Bonchev–Trinajstić information content (AvgIpc) is 3.23. The number of likely N-dealkylation sites (N-methyl/N-ethyl adjacent to an activating group) is 1. The molecule has 0 radical (unpaired) electrons. The maximum atomic E-state index is 12.5. The molecular weight excluding hydrogens is 314 g/mol. The molecule has 2 fully saturated rings. The van der Waals surface area contributed by atoms with Crippen molar-refractivity contribution < 1.29 is 13.2 Å². The van der Waals surface area contributed by atoms with Crippen molar-refractivity contribution in [3.05, 3.63) is 29.8 Å². The van der Waals surface area contributed by atoms with E-state index in [1.807, 2.05) is 24.3 Å². The van der Waals surface area contributed by atoms with Gasteiger partial charge >= 0.3 is 0 Å². The van der Waals surface area contributed by atoms with Gasteiger partial charge in [-0.25, -0.2) is 8.42 Å². The summed E-state index contributed by atoms with van der Waals surface area (Å²) in [7, 11) is -1.91. The number of sulfonamides is 1. The molecule has 7 heteroatoms. The fraction of sp³-hybridized carbons (Fsp3) is 0.562. The van der Waals surface area contributed by atoms with E-state index in [0.29, 0.717) is 19.5 Å². The Morgan fingerprint density at radius 3 is 2.39 bits per heavy atom. The van der Waals surface area contributed by atoms with Gasteiger partial charge in [-0.05, 0) is 37.0 Å². The van der Waals surface area contributed by atoms with Crippen LogP contribution in [0.4, 0.5) is 5.69 Å². The van der Waals surface area contributed by atoms with Crippen LogP contribution >= 0.6 is 0 Å². The maximum Gasteiger partial charge on any atom is 0.245 e. The molecular formula is C16H23N3O3S. The van der Waals surface area contributed by atoms with Gasteiger partial charge in [0.1, 0.15) is 6.04 Å². The van der Waals surface area contributed by atoms with E-state index in [-0.39, 0.29) is 11.3 Å². The number of hydrogen-bond donors (Lipinski definition) is 1. The molecule has 1 aromatic rings. The summed E-state index contributed by atoms with van der Waals surface area (Å²) in [4.78, 5) is 14.2. The number of hydrogen-bond acceptors (Lipinski definition) is 4. The van der Waals surface area contributed by atoms with E-state index >= 15 is 0 Å². The van der Waals surface area contributed by atoms with E-state index in [0.717, 1.165) is 29.1 Å². The molecule has 1 heterocycles. The maximum absolute atomic E-state index is 12.5. The molecule has 1 unspecified atom stereocenters. The second-order valence-electron chi connectivity index (χ2n) is 6.60. The third-order valence-corrected chi connectivity index (χ3v) is 6.48. The average molecular weight is 337 g/mol. The first kappa shape index (κ1) is 16.4. The largest absolute Gasteiger partial charge is 0.330 e. The van der Waals surface area contributed by atoms with Crippen LogP contribution < -0.4 is 10.6 Å². The zero-order valence-corrected chi connectivity index (χ0v) is 14.3. The van der Waals surface area contributed by atoms with E-state index in [1.165, 1.54) is 12.6 Å². The highest BCUT2D eigenvalue weighted by Gasteiger charge is 2.43. The number of anilines is 1. The molecule has 23 heavy (non-hydrogen) atoms. The Morgan fingerprint density at radius 2 is 1.91 bits per heavy atom. The van der Waals surface area contributed by atoms with Crippen LogP contribution in [-0.4, -0.2) is 51.1 Å². The zero-order chi connectivity index (χ0) is 16.8. The summed E-state index contributed by atoms with van der Waals surface area (Å²) in [6, 6.07) is 7.34. The van der Waals surface area contributed by atoms with Crippen LogP contribution in [0, 0.1) is 0 Å². The first-order chi connectivity index (χ1) is 10.8. The van der Waals surface area contributed by atoms with Gasteiger partial charge in [0, 0.05) is 31.2 Å². The minimum atomic E-state index is -3.37. The lowest BCUT2D eigenvalue weighted by molar-refractivity contribution is -0.120. The van der Waals surface area contributed by atoms with Crippen LogP contribution in [-0.2, 0) is 20.2 Å². The normalized spacial score (nSPS) is 23.6. The van der Waals surface area contributed by atoms with E-state index in [1.54, 1.807) is 4.90 Å². The summed E-state index contributed by atoms with van der Waals surface area (Å²) in [5.41, 5.74) is 8.02. The van der Waals surface area contributed by atoms with Gasteiger partial charge in [-0.2, -0.15) is 4.31 Å². The molecule has 6 nitrogen and oxygen atoms in total. The summed E-state index contributed by atoms with van der Waals surface area (Å²) in [6.07, 6.45) is 3.87. The fourth-order valence-corrected chi connectivity index (χ4v) is 3.90. The minimum absolute atomic E-state index is 0.132. The Balaban J connectivity index is 1.77. The fourth-order valence-electron chi connectivity index (χ4n) is 3.25. The van der Waals surface area contributed by atoms with Crippen LogP contribution in [0.1, 0.15) is 24.8 Å². The van der Waals surface area contributed by atoms with Crippen LogP contribution in [0.25, 0.3) is 0 Å². The van der Waals surface area contributed by atoms with Crippen LogP contribution in [0.5, 0.6) is 0 Å². The molecule has 1 saturated carbocycles. The van der Waals surface area contributed by atoms with Gasteiger partial charge in [0.15, 0.2) is 0 Å². The first-order valence-corrected chi connectivity index (χ1v) is 9.68. The molecule has 2 N–H and O–H groups in total. The van der Waals surface area contributed by atoms with Crippen molar-refractivity contribution >= 4 is 21.6 Å². The Morgan fingerprint density at radius 1 is 1.30 bits per heavy atom. The second-order valence-corrected chi connectivity index (χ2v) is 8.65. The smallest absolute Gasteiger partial charge is 0.245 e. The SMILES string of the molecule is CN(C1CCN(c2ccc(C3(CN)CC3)cc2)C1=O)S(C)(=O)=O. The molecule has 126 valence electrons. The van der Waals surface area contributed by atoms with Gasteiger partial charge in [-0.3, -0.25) is 4.79 Å². The number of rotatable bonds is 5. The van der Waals surface area contributed by atoms with Gasteiger partial charge in [-0.15, -0.1) is 0 Å². The number of carbonyl (C=O) groups excluding carboxylic acids is 1. The zero-order valence-electron chi connectivity index (χ0n) is 13.5. The van der Waals surface area contributed by atoms with E-state index < -0.39 is 16.1 Å². The molecule has 1 aromatic carbocycles. The molecule has 0 spiro atoms. The molecule has 3 rings (SSSR count). The quantitative estimate of drug-likeness (QED) is 0.856. The second kappa shape index (κ2) is 5.58. The summed E-state index contributed by atoms with van der Waals surface area (Å²) < 4.78 is 24.5. The highest BCUT2D eigenvalue weighted by molar-refractivity contribution is 7.88. The molecule has 1 atom stereocenters. The highest BCUT2D eigenvalue weighted by Crippen LogP contribution is 2.47. The van der Waals surface area contributed by atoms with Crippen molar-refractivity contribution in [1.82, 2.24) is 4.31 Å². The van der Waals surface area contributed by atoms with Crippen molar-refractivity contribution in [3.63, 3.8) is 0 Å². The summed E-state index contributed by atoms with van der Waals surface area (Å²) in [6.45, 7) is 1.18. The Kier molecular flexibility index (Phi) is 3.98. The number of nitrogens with two attached hydrogens (primary N) is 1. The molecule has 0 aromatic heterocycles. The Labute approximate surface area is 137 Å². The lowest BCUT2D eigenvalue weighted by Crippen LogP contribution is -2.42. The van der Waals surface area contributed by atoms with Gasteiger partial charge in [-0.1, -0.05) is 12.1 Å². The molecule has 1 saturated heterocycles. The molecule has 2 aliphatic rings. The number of nitrogens with zero attached hydrogens (tertiary/aromatic N) is 2. The lowest BCUT2D eigenvalue weighted by atomic mass is 9.96. The summed E-state index contributed by atoms with van der Waals surface area (Å²) >= 11 is 0. The molecule has 1 aliphatic carbocycles. The summed E-state index contributed by atoms with van der Waals surface area (Å²) in [5, 5.41) is 0. The van der Waals surface area contributed by atoms with E-state index in [2.05, 4.69) is 0 Å².